The summed E-state index contributed by atoms with van der Waals surface area (Å²) in [4.78, 5) is 13.2. The molecule has 14 heavy (non-hydrogen) atoms. The minimum Gasteiger partial charge on any atom is -0.351 e. The summed E-state index contributed by atoms with van der Waals surface area (Å²) >= 11 is 0. The van der Waals surface area contributed by atoms with Gasteiger partial charge in [0, 0.05) is 25.6 Å². The van der Waals surface area contributed by atoms with Gasteiger partial charge < -0.3 is 10.2 Å². The van der Waals surface area contributed by atoms with Crippen molar-refractivity contribution in [3.63, 3.8) is 0 Å². The molecule has 0 aromatic rings. The van der Waals surface area contributed by atoms with E-state index in [2.05, 4.69) is 24.2 Å². The Kier molecular flexibility index (Phi) is 5.77. The summed E-state index contributed by atoms with van der Waals surface area (Å²) in [6.45, 7) is 9.87. The van der Waals surface area contributed by atoms with E-state index < -0.39 is 0 Å². The quantitative estimate of drug-likeness (QED) is 0.698. The van der Waals surface area contributed by atoms with E-state index in [9.17, 15) is 4.79 Å². The van der Waals surface area contributed by atoms with E-state index in [-0.39, 0.29) is 11.4 Å². The second-order valence-electron chi connectivity index (χ2n) is 4.05. The lowest BCUT2D eigenvalue weighted by molar-refractivity contribution is -0.121. The zero-order valence-electron chi connectivity index (χ0n) is 10.2. The zero-order chi connectivity index (χ0) is 11.2. The Morgan fingerprint density at radius 2 is 1.71 bits per heavy atom. The predicted octanol–water partition coefficient (Wildman–Crippen LogP) is 1.63. The van der Waals surface area contributed by atoms with Crippen LogP contribution in [0.3, 0.4) is 0 Å². The van der Waals surface area contributed by atoms with Crippen molar-refractivity contribution in [1.82, 2.24) is 10.2 Å². The number of hydrogen-bond donors (Lipinski definition) is 1. The molecule has 0 saturated carbocycles. The van der Waals surface area contributed by atoms with Crippen molar-refractivity contribution in [2.45, 2.75) is 46.1 Å². The summed E-state index contributed by atoms with van der Waals surface area (Å²) in [5, 5.41) is 3.01. The molecule has 1 N–H and O–H groups in total. The number of carbonyl (C=O) groups is 1. The van der Waals surface area contributed by atoms with Gasteiger partial charge >= 0.3 is 0 Å². The Balaban J connectivity index is 0.000000791. The molecule has 0 atom stereocenters. The van der Waals surface area contributed by atoms with Crippen LogP contribution in [-0.4, -0.2) is 36.5 Å². The normalized spacial score (nSPS) is 20.6. The maximum atomic E-state index is 10.9. The summed E-state index contributed by atoms with van der Waals surface area (Å²) in [5.74, 6) is 0.0852. The molecule has 1 aliphatic heterocycles. The Morgan fingerprint density at radius 1 is 1.29 bits per heavy atom. The molecule has 1 saturated heterocycles. The molecule has 1 heterocycles. The highest BCUT2D eigenvalue weighted by Gasteiger charge is 2.28. The van der Waals surface area contributed by atoms with Crippen LogP contribution < -0.4 is 5.32 Å². The topological polar surface area (TPSA) is 32.3 Å². The molecule has 1 fully saturated rings. The molecule has 1 rings (SSSR count). The first-order valence-corrected chi connectivity index (χ1v) is 5.49. The minimum absolute atomic E-state index is 0.0400. The highest BCUT2D eigenvalue weighted by Crippen LogP contribution is 2.20. The van der Waals surface area contributed by atoms with E-state index in [1.807, 2.05) is 13.8 Å². The summed E-state index contributed by atoms with van der Waals surface area (Å²) < 4.78 is 0. The van der Waals surface area contributed by atoms with Crippen LogP contribution in [0.1, 0.15) is 40.5 Å². The fourth-order valence-electron chi connectivity index (χ4n) is 1.66. The first-order chi connectivity index (χ1) is 6.52. The van der Waals surface area contributed by atoms with Crippen LogP contribution in [-0.2, 0) is 4.79 Å². The lowest BCUT2D eigenvalue weighted by atomic mass is 9.90. The van der Waals surface area contributed by atoms with Crippen LogP contribution in [0.15, 0.2) is 0 Å². The molecule has 1 amide bonds. The molecule has 0 bridgehead atoms. The third-order valence-corrected chi connectivity index (χ3v) is 2.57. The molecule has 0 aromatic heterocycles. The maximum Gasteiger partial charge on any atom is 0.217 e. The third kappa shape index (κ3) is 4.61. The second kappa shape index (κ2) is 6.02. The smallest absolute Gasteiger partial charge is 0.217 e. The standard InChI is InChI=1S/C9H18N2O.C2H6/c1-8(12)10-9(2)4-6-11(3)7-5-9;1-2/h4-7H2,1-3H3,(H,10,12);1-2H3. The molecule has 0 spiro atoms. The van der Waals surface area contributed by atoms with Gasteiger partial charge in [-0.1, -0.05) is 13.8 Å². The van der Waals surface area contributed by atoms with E-state index >= 15 is 0 Å². The molecular weight excluding hydrogens is 176 g/mol. The number of hydrogen-bond acceptors (Lipinski definition) is 2. The largest absolute Gasteiger partial charge is 0.351 e. The summed E-state index contributed by atoms with van der Waals surface area (Å²) in [6.07, 6.45) is 2.12. The molecule has 3 heteroatoms. The lowest BCUT2D eigenvalue weighted by Crippen LogP contribution is -2.52. The first kappa shape index (κ1) is 13.4. The van der Waals surface area contributed by atoms with Gasteiger partial charge in [0.15, 0.2) is 0 Å². The van der Waals surface area contributed by atoms with Crippen molar-refractivity contribution in [1.29, 1.82) is 0 Å². The van der Waals surface area contributed by atoms with Gasteiger partial charge in [0.2, 0.25) is 5.91 Å². The number of likely N-dealkylation sites (tertiary alicyclic amines) is 1. The number of carbonyl (C=O) groups excluding carboxylic acids is 1. The molecular formula is C11H24N2O. The van der Waals surface area contributed by atoms with Crippen LogP contribution in [0.25, 0.3) is 0 Å². The van der Waals surface area contributed by atoms with Gasteiger partial charge in [0.1, 0.15) is 0 Å². The van der Waals surface area contributed by atoms with Crippen molar-refractivity contribution in [3.05, 3.63) is 0 Å². The number of amides is 1. The van der Waals surface area contributed by atoms with Crippen LogP contribution in [0.2, 0.25) is 0 Å². The van der Waals surface area contributed by atoms with E-state index in [0.717, 1.165) is 25.9 Å². The SMILES string of the molecule is CC.CC(=O)NC1(C)CCN(C)CC1. The predicted molar refractivity (Wildman–Crippen MR) is 60.3 cm³/mol. The van der Waals surface area contributed by atoms with E-state index in [0.29, 0.717) is 0 Å². The van der Waals surface area contributed by atoms with Gasteiger partial charge in [-0.05, 0) is 26.8 Å². The van der Waals surface area contributed by atoms with Gasteiger partial charge in [-0.25, -0.2) is 0 Å². The number of piperidine rings is 1. The highest BCUT2D eigenvalue weighted by molar-refractivity contribution is 5.73. The molecule has 84 valence electrons. The van der Waals surface area contributed by atoms with Crippen molar-refractivity contribution in [2.75, 3.05) is 20.1 Å². The van der Waals surface area contributed by atoms with Crippen LogP contribution in [0.4, 0.5) is 0 Å². The van der Waals surface area contributed by atoms with Gasteiger partial charge in [0.05, 0.1) is 0 Å². The van der Waals surface area contributed by atoms with Crippen molar-refractivity contribution < 1.29 is 4.79 Å². The summed E-state index contributed by atoms with van der Waals surface area (Å²) in [6, 6.07) is 0. The number of rotatable bonds is 1. The Morgan fingerprint density at radius 3 is 2.07 bits per heavy atom. The summed E-state index contributed by atoms with van der Waals surface area (Å²) in [5.41, 5.74) is 0.0400. The van der Waals surface area contributed by atoms with E-state index in [1.165, 1.54) is 0 Å². The summed E-state index contributed by atoms with van der Waals surface area (Å²) in [7, 11) is 2.12. The highest BCUT2D eigenvalue weighted by atomic mass is 16.1. The average Bonchev–Trinajstić information content (AvgIpc) is 2.13. The zero-order valence-corrected chi connectivity index (χ0v) is 10.2. The fraction of sp³-hybridized carbons (Fsp3) is 0.909. The van der Waals surface area contributed by atoms with E-state index in [4.69, 9.17) is 0 Å². The van der Waals surface area contributed by atoms with Crippen molar-refractivity contribution in [2.24, 2.45) is 0 Å². The average molecular weight is 200 g/mol. The van der Waals surface area contributed by atoms with Gasteiger partial charge in [-0.2, -0.15) is 0 Å². The van der Waals surface area contributed by atoms with Crippen LogP contribution in [0, 0.1) is 0 Å². The fourth-order valence-corrected chi connectivity index (χ4v) is 1.66. The number of nitrogens with zero attached hydrogens (tertiary/aromatic N) is 1. The van der Waals surface area contributed by atoms with Crippen LogP contribution >= 0.6 is 0 Å². The van der Waals surface area contributed by atoms with E-state index in [1.54, 1.807) is 6.92 Å². The first-order valence-electron chi connectivity index (χ1n) is 5.49. The maximum absolute atomic E-state index is 10.9. The van der Waals surface area contributed by atoms with Crippen molar-refractivity contribution in [3.8, 4) is 0 Å². The Labute approximate surface area is 87.9 Å². The Bertz CT molecular complexity index is 172. The lowest BCUT2D eigenvalue weighted by Gasteiger charge is -2.38. The molecule has 0 aromatic carbocycles. The molecule has 0 unspecified atom stereocenters. The molecule has 1 aliphatic rings. The Hall–Kier alpha value is -0.570. The third-order valence-electron chi connectivity index (χ3n) is 2.57. The molecule has 3 nitrogen and oxygen atoms in total. The van der Waals surface area contributed by atoms with Gasteiger partial charge in [-0.3, -0.25) is 4.79 Å². The molecule has 0 aliphatic carbocycles. The monoisotopic (exact) mass is 200 g/mol. The molecule has 0 radical (unpaired) electrons. The second-order valence-corrected chi connectivity index (χ2v) is 4.05. The van der Waals surface area contributed by atoms with Crippen molar-refractivity contribution >= 4 is 5.91 Å². The minimum atomic E-state index is 0.0400. The number of nitrogens with one attached hydrogen (secondary N) is 1. The van der Waals surface area contributed by atoms with Crippen LogP contribution in [0.5, 0.6) is 0 Å². The van der Waals surface area contributed by atoms with Gasteiger partial charge in [0.25, 0.3) is 0 Å². The van der Waals surface area contributed by atoms with Gasteiger partial charge in [-0.15, -0.1) is 0 Å².